The number of hydrogen-bond donors (Lipinski definition) is 1. The predicted octanol–water partition coefficient (Wildman–Crippen LogP) is 3.34. The molecule has 1 aromatic carbocycles. The van der Waals surface area contributed by atoms with E-state index in [1.165, 1.54) is 0 Å². The van der Waals surface area contributed by atoms with E-state index >= 15 is 0 Å². The lowest BCUT2D eigenvalue weighted by Crippen LogP contribution is -2.23. The maximum absolute atomic E-state index is 10.4. The van der Waals surface area contributed by atoms with Gasteiger partial charge in [-0.25, -0.2) is 0 Å². The average Bonchev–Trinajstić information content (AvgIpc) is 2.28. The first-order valence-corrected chi connectivity index (χ1v) is 5.86. The third kappa shape index (κ3) is 3.24. The van der Waals surface area contributed by atoms with Crippen LogP contribution in [0.2, 0.25) is 0 Å². The fourth-order valence-electron chi connectivity index (χ4n) is 1.89. The zero-order valence-corrected chi connectivity index (χ0v) is 10.7. The lowest BCUT2D eigenvalue weighted by molar-refractivity contribution is 0.0319. The van der Waals surface area contributed by atoms with Gasteiger partial charge >= 0.3 is 0 Å². The van der Waals surface area contributed by atoms with Crippen LogP contribution in [0.1, 0.15) is 39.2 Å². The fraction of sp³-hybridized carbons (Fsp3) is 0.571. The smallest absolute Gasteiger partial charge is 0.118 e. The van der Waals surface area contributed by atoms with Crippen LogP contribution in [0.25, 0.3) is 0 Å². The Kier molecular flexibility index (Phi) is 4.36. The maximum atomic E-state index is 10.4. The van der Waals surface area contributed by atoms with Gasteiger partial charge in [0.25, 0.3) is 0 Å². The first-order valence-electron chi connectivity index (χ1n) is 5.86. The van der Waals surface area contributed by atoms with Crippen LogP contribution in [-0.2, 0) is 5.60 Å². The first kappa shape index (κ1) is 13.0. The van der Waals surface area contributed by atoms with Crippen LogP contribution in [0, 0.1) is 5.92 Å². The van der Waals surface area contributed by atoms with Crippen molar-refractivity contribution in [3.05, 3.63) is 29.8 Å². The molecule has 2 heteroatoms. The fourth-order valence-corrected chi connectivity index (χ4v) is 1.89. The Labute approximate surface area is 98.3 Å². The molecular weight excluding hydrogens is 200 g/mol. The molecule has 1 N–H and O–H groups in total. The van der Waals surface area contributed by atoms with Crippen molar-refractivity contribution < 1.29 is 9.84 Å². The second-order valence-corrected chi connectivity index (χ2v) is 4.72. The summed E-state index contributed by atoms with van der Waals surface area (Å²) in [6.07, 6.45) is 1.88. The number of rotatable bonds is 5. The van der Waals surface area contributed by atoms with Crippen molar-refractivity contribution in [2.24, 2.45) is 5.92 Å². The molecule has 0 saturated heterocycles. The molecule has 0 aliphatic heterocycles. The molecule has 90 valence electrons. The van der Waals surface area contributed by atoms with Crippen LogP contribution in [0.3, 0.4) is 0 Å². The molecule has 1 aromatic rings. The quantitative estimate of drug-likeness (QED) is 0.828. The van der Waals surface area contributed by atoms with Crippen molar-refractivity contribution in [1.82, 2.24) is 0 Å². The standard InChI is InChI=1S/C14H22O2/c1-5-11(2)10-14(3,15)12-6-8-13(16-4)9-7-12/h6-9,11,15H,5,10H2,1-4H3. The Bertz CT molecular complexity index is 314. The molecule has 0 amide bonds. The second-order valence-electron chi connectivity index (χ2n) is 4.72. The van der Waals surface area contributed by atoms with Gasteiger partial charge in [-0.05, 0) is 37.0 Å². The van der Waals surface area contributed by atoms with Crippen molar-refractivity contribution in [3.63, 3.8) is 0 Å². The van der Waals surface area contributed by atoms with Gasteiger partial charge in [0.15, 0.2) is 0 Å². The average molecular weight is 222 g/mol. The first-order chi connectivity index (χ1) is 7.49. The highest BCUT2D eigenvalue weighted by Crippen LogP contribution is 2.30. The van der Waals surface area contributed by atoms with Crippen LogP contribution < -0.4 is 4.74 Å². The molecule has 0 saturated carbocycles. The van der Waals surface area contributed by atoms with E-state index in [1.54, 1.807) is 7.11 Å². The number of aliphatic hydroxyl groups is 1. The Balaban J connectivity index is 2.80. The van der Waals surface area contributed by atoms with Crippen LogP contribution in [0.15, 0.2) is 24.3 Å². The van der Waals surface area contributed by atoms with Gasteiger partial charge in [-0.1, -0.05) is 32.4 Å². The molecule has 0 bridgehead atoms. The minimum absolute atomic E-state index is 0.525. The molecule has 0 aliphatic carbocycles. The Hall–Kier alpha value is -1.02. The lowest BCUT2D eigenvalue weighted by Gasteiger charge is -2.27. The van der Waals surface area contributed by atoms with E-state index < -0.39 is 5.60 Å². The van der Waals surface area contributed by atoms with Crippen LogP contribution in [0.5, 0.6) is 5.75 Å². The number of ether oxygens (including phenoxy) is 1. The molecule has 0 spiro atoms. The van der Waals surface area contributed by atoms with Gasteiger partial charge in [0.05, 0.1) is 12.7 Å². The topological polar surface area (TPSA) is 29.5 Å². The van der Waals surface area contributed by atoms with E-state index in [-0.39, 0.29) is 0 Å². The summed E-state index contributed by atoms with van der Waals surface area (Å²) in [6, 6.07) is 7.64. The van der Waals surface area contributed by atoms with E-state index in [4.69, 9.17) is 4.74 Å². The predicted molar refractivity (Wildman–Crippen MR) is 66.6 cm³/mol. The van der Waals surface area contributed by atoms with Gasteiger partial charge in [-0.2, -0.15) is 0 Å². The van der Waals surface area contributed by atoms with E-state index in [0.717, 1.165) is 24.2 Å². The lowest BCUT2D eigenvalue weighted by atomic mass is 9.86. The molecule has 0 aliphatic rings. The van der Waals surface area contributed by atoms with Crippen LogP contribution >= 0.6 is 0 Å². The summed E-state index contributed by atoms with van der Waals surface area (Å²) < 4.78 is 5.10. The van der Waals surface area contributed by atoms with E-state index in [1.807, 2.05) is 31.2 Å². The van der Waals surface area contributed by atoms with Crippen molar-refractivity contribution in [3.8, 4) is 5.75 Å². The summed E-state index contributed by atoms with van der Waals surface area (Å²) in [5.74, 6) is 1.35. The summed E-state index contributed by atoms with van der Waals surface area (Å²) in [4.78, 5) is 0. The van der Waals surface area contributed by atoms with Gasteiger partial charge < -0.3 is 9.84 Å². The highest BCUT2D eigenvalue weighted by molar-refractivity contribution is 5.30. The molecule has 0 fully saturated rings. The largest absolute Gasteiger partial charge is 0.497 e. The van der Waals surface area contributed by atoms with Crippen molar-refractivity contribution in [1.29, 1.82) is 0 Å². The van der Waals surface area contributed by atoms with Crippen molar-refractivity contribution in [2.75, 3.05) is 7.11 Å². The summed E-state index contributed by atoms with van der Waals surface area (Å²) in [5.41, 5.74) is 0.204. The molecule has 1 rings (SSSR count). The van der Waals surface area contributed by atoms with Gasteiger partial charge in [-0.3, -0.25) is 0 Å². The van der Waals surface area contributed by atoms with E-state index in [2.05, 4.69) is 13.8 Å². The Morgan fingerprint density at radius 3 is 2.31 bits per heavy atom. The molecule has 0 heterocycles. The van der Waals surface area contributed by atoms with Crippen molar-refractivity contribution in [2.45, 2.75) is 39.2 Å². The highest BCUT2D eigenvalue weighted by atomic mass is 16.5. The Morgan fingerprint density at radius 2 is 1.88 bits per heavy atom. The normalized spacial score (nSPS) is 16.6. The van der Waals surface area contributed by atoms with E-state index in [0.29, 0.717) is 5.92 Å². The Morgan fingerprint density at radius 1 is 1.31 bits per heavy atom. The van der Waals surface area contributed by atoms with Crippen LogP contribution in [-0.4, -0.2) is 12.2 Å². The number of benzene rings is 1. The number of hydrogen-bond acceptors (Lipinski definition) is 2. The molecule has 0 aromatic heterocycles. The van der Waals surface area contributed by atoms with Gasteiger partial charge in [0.2, 0.25) is 0 Å². The number of methoxy groups -OCH3 is 1. The molecule has 16 heavy (non-hydrogen) atoms. The SMILES string of the molecule is CCC(C)CC(C)(O)c1ccc(OC)cc1. The van der Waals surface area contributed by atoms with Crippen LogP contribution in [0.4, 0.5) is 0 Å². The molecule has 2 atom stereocenters. The second kappa shape index (κ2) is 5.35. The third-order valence-electron chi connectivity index (χ3n) is 3.15. The third-order valence-corrected chi connectivity index (χ3v) is 3.15. The van der Waals surface area contributed by atoms with Crippen molar-refractivity contribution >= 4 is 0 Å². The summed E-state index contributed by atoms with van der Waals surface area (Å²) >= 11 is 0. The summed E-state index contributed by atoms with van der Waals surface area (Å²) in [5, 5.41) is 10.4. The molecule has 2 unspecified atom stereocenters. The molecule has 0 radical (unpaired) electrons. The van der Waals surface area contributed by atoms with Gasteiger partial charge in [0.1, 0.15) is 5.75 Å². The minimum atomic E-state index is -0.748. The highest BCUT2D eigenvalue weighted by Gasteiger charge is 2.24. The van der Waals surface area contributed by atoms with Gasteiger partial charge in [-0.15, -0.1) is 0 Å². The monoisotopic (exact) mass is 222 g/mol. The maximum Gasteiger partial charge on any atom is 0.118 e. The summed E-state index contributed by atoms with van der Waals surface area (Å²) in [7, 11) is 1.65. The zero-order valence-electron chi connectivity index (χ0n) is 10.7. The molecule has 2 nitrogen and oxygen atoms in total. The zero-order chi connectivity index (χ0) is 12.2. The van der Waals surface area contributed by atoms with Gasteiger partial charge in [0, 0.05) is 0 Å². The molecular formula is C14H22O2. The minimum Gasteiger partial charge on any atom is -0.497 e. The summed E-state index contributed by atoms with van der Waals surface area (Å²) in [6.45, 7) is 6.19. The van der Waals surface area contributed by atoms with E-state index in [9.17, 15) is 5.11 Å².